The number of methoxy groups -OCH3 is 2. The zero-order valence-corrected chi connectivity index (χ0v) is 11.4. The van der Waals surface area contributed by atoms with Crippen molar-refractivity contribution in [2.75, 3.05) is 21.3 Å². The lowest BCUT2D eigenvalue weighted by atomic mass is 9.92. The van der Waals surface area contributed by atoms with Crippen LogP contribution in [0, 0.1) is 5.92 Å². The number of para-hydroxylation sites is 1. The van der Waals surface area contributed by atoms with Crippen molar-refractivity contribution in [2.24, 2.45) is 5.92 Å². The minimum Gasteiger partial charge on any atom is -0.493 e. The van der Waals surface area contributed by atoms with Crippen molar-refractivity contribution in [3.63, 3.8) is 0 Å². The summed E-state index contributed by atoms with van der Waals surface area (Å²) in [5.41, 5.74) is 1.16. The van der Waals surface area contributed by atoms with Gasteiger partial charge in [-0.3, -0.25) is 0 Å². The Labute approximate surface area is 104 Å². The summed E-state index contributed by atoms with van der Waals surface area (Å²) < 4.78 is 10.8. The summed E-state index contributed by atoms with van der Waals surface area (Å²) in [5.74, 6) is 2.16. The molecule has 0 fully saturated rings. The number of benzene rings is 1. The highest BCUT2D eigenvalue weighted by Gasteiger charge is 2.21. The number of hydrogen-bond acceptors (Lipinski definition) is 3. The molecule has 0 bridgehead atoms. The van der Waals surface area contributed by atoms with Crippen LogP contribution < -0.4 is 14.8 Å². The first kappa shape index (κ1) is 13.8. The molecule has 1 rings (SSSR count). The standard InChI is InChI=1S/C14H23NO2/c1-6-10(2)13(15-3)11-8-7-9-12(16-4)14(11)17-5/h7-10,13,15H,6H2,1-5H3. The molecular weight excluding hydrogens is 214 g/mol. The lowest BCUT2D eigenvalue weighted by molar-refractivity contribution is 0.334. The van der Waals surface area contributed by atoms with Crippen LogP contribution in [0.5, 0.6) is 11.5 Å². The highest BCUT2D eigenvalue weighted by molar-refractivity contribution is 5.48. The highest BCUT2D eigenvalue weighted by Crippen LogP contribution is 2.37. The summed E-state index contributed by atoms with van der Waals surface area (Å²) in [6.45, 7) is 4.43. The van der Waals surface area contributed by atoms with E-state index in [1.807, 2.05) is 19.2 Å². The maximum absolute atomic E-state index is 5.48. The van der Waals surface area contributed by atoms with Crippen LogP contribution in [0.25, 0.3) is 0 Å². The highest BCUT2D eigenvalue weighted by atomic mass is 16.5. The Kier molecular flexibility index (Phi) is 5.29. The lowest BCUT2D eigenvalue weighted by Gasteiger charge is -2.25. The summed E-state index contributed by atoms with van der Waals surface area (Å²) in [6, 6.07) is 6.30. The van der Waals surface area contributed by atoms with Crippen LogP contribution in [0.1, 0.15) is 31.9 Å². The van der Waals surface area contributed by atoms with Gasteiger partial charge in [-0.2, -0.15) is 0 Å². The predicted octanol–water partition coefficient (Wildman–Crippen LogP) is 3.01. The van der Waals surface area contributed by atoms with Crippen molar-refractivity contribution in [1.82, 2.24) is 5.32 Å². The van der Waals surface area contributed by atoms with E-state index in [9.17, 15) is 0 Å². The van der Waals surface area contributed by atoms with Gasteiger partial charge in [0.1, 0.15) is 0 Å². The average molecular weight is 237 g/mol. The monoisotopic (exact) mass is 237 g/mol. The molecule has 0 aliphatic heterocycles. The molecule has 0 aliphatic carbocycles. The first-order chi connectivity index (χ1) is 8.19. The first-order valence-electron chi connectivity index (χ1n) is 6.07. The third kappa shape index (κ3) is 2.91. The van der Waals surface area contributed by atoms with Crippen molar-refractivity contribution in [3.05, 3.63) is 23.8 Å². The van der Waals surface area contributed by atoms with Crippen molar-refractivity contribution < 1.29 is 9.47 Å². The Morgan fingerprint density at radius 3 is 2.41 bits per heavy atom. The normalized spacial score (nSPS) is 14.2. The minimum absolute atomic E-state index is 0.282. The smallest absolute Gasteiger partial charge is 0.165 e. The van der Waals surface area contributed by atoms with E-state index in [4.69, 9.17) is 9.47 Å². The summed E-state index contributed by atoms with van der Waals surface area (Å²) in [5, 5.41) is 3.36. The second-order valence-electron chi connectivity index (χ2n) is 4.23. The van der Waals surface area contributed by atoms with Gasteiger partial charge < -0.3 is 14.8 Å². The van der Waals surface area contributed by atoms with Gasteiger partial charge in [0, 0.05) is 11.6 Å². The van der Waals surface area contributed by atoms with Gasteiger partial charge >= 0.3 is 0 Å². The summed E-state index contributed by atoms with van der Waals surface area (Å²) in [6.07, 6.45) is 1.12. The van der Waals surface area contributed by atoms with Crippen LogP contribution in [0.4, 0.5) is 0 Å². The van der Waals surface area contributed by atoms with E-state index in [2.05, 4.69) is 25.2 Å². The van der Waals surface area contributed by atoms with Crippen molar-refractivity contribution in [1.29, 1.82) is 0 Å². The molecule has 0 amide bonds. The molecule has 17 heavy (non-hydrogen) atoms. The molecule has 0 spiro atoms. The maximum atomic E-state index is 5.48. The predicted molar refractivity (Wildman–Crippen MR) is 70.8 cm³/mol. The molecule has 2 atom stereocenters. The molecule has 0 saturated carbocycles. The SMILES string of the molecule is CCC(C)C(NC)c1cccc(OC)c1OC. The van der Waals surface area contributed by atoms with E-state index in [-0.39, 0.29) is 6.04 Å². The molecule has 0 aliphatic rings. The molecule has 3 nitrogen and oxygen atoms in total. The van der Waals surface area contributed by atoms with Crippen molar-refractivity contribution >= 4 is 0 Å². The lowest BCUT2D eigenvalue weighted by Crippen LogP contribution is -2.23. The second-order valence-corrected chi connectivity index (χ2v) is 4.23. The molecule has 0 radical (unpaired) electrons. The van der Waals surface area contributed by atoms with E-state index < -0.39 is 0 Å². The van der Waals surface area contributed by atoms with Gasteiger partial charge in [-0.1, -0.05) is 32.4 Å². The fourth-order valence-corrected chi connectivity index (χ4v) is 2.14. The molecule has 1 N–H and O–H groups in total. The average Bonchev–Trinajstić information content (AvgIpc) is 2.38. The van der Waals surface area contributed by atoms with E-state index >= 15 is 0 Å². The van der Waals surface area contributed by atoms with Crippen LogP contribution in [0.2, 0.25) is 0 Å². The van der Waals surface area contributed by atoms with Gasteiger partial charge in [0.05, 0.1) is 14.2 Å². The molecule has 96 valence electrons. The number of hydrogen-bond donors (Lipinski definition) is 1. The Morgan fingerprint density at radius 2 is 1.94 bits per heavy atom. The fourth-order valence-electron chi connectivity index (χ4n) is 2.14. The van der Waals surface area contributed by atoms with Gasteiger partial charge in [0.2, 0.25) is 0 Å². The van der Waals surface area contributed by atoms with Crippen LogP contribution in [-0.4, -0.2) is 21.3 Å². The van der Waals surface area contributed by atoms with Crippen LogP contribution in [-0.2, 0) is 0 Å². The summed E-state index contributed by atoms with van der Waals surface area (Å²) in [4.78, 5) is 0. The van der Waals surface area contributed by atoms with Crippen LogP contribution in [0.15, 0.2) is 18.2 Å². The molecular formula is C14H23NO2. The quantitative estimate of drug-likeness (QED) is 0.825. The minimum atomic E-state index is 0.282. The van der Waals surface area contributed by atoms with Crippen LogP contribution in [0.3, 0.4) is 0 Å². The van der Waals surface area contributed by atoms with Crippen molar-refractivity contribution in [2.45, 2.75) is 26.3 Å². The zero-order chi connectivity index (χ0) is 12.8. The van der Waals surface area contributed by atoms with Gasteiger partial charge in [-0.25, -0.2) is 0 Å². The molecule has 3 heteroatoms. The maximum Gasteiger partial charge on any atom is 0.165 e. The van der Waals surface area contributed by atoms with Gasteiger partial charge in [-0.05, 0) is 19.0 Å². The fraction of sp³-hybridized carbons (Fsp3) is 0.571. The number of rotatable bonds is 6. The van der Waals surface area contributed by atoms with Crippen LogP contribution >= 0.6 is 0 Å². The molecule has 1 aromatic rings. The topological polar surface area (TPSA) is 30.5 Å². The number of nitrogens with one attached hydrogen (secondary N) is 1. The second kappa shape index (κ2) is 6.50. The molecule has 2 unspecified atom stereocenters. The summed E-state index contributed by atoms with van der Waals surface area (Å²) in [7, 11) is 5.33. The van der Waals surface area contributed by atoms with Gasteiger partial charge in [0.15, 0.2) is 11.5 Å². The Morgan fingerprint density at radius 1 is 1.24 bits per heavy atom. The number of ether oxygens (including phenoxy) is 2. The Bertz CT molecular complexity index is 352. The molecule has 0 aromatic heterocycles. The van der Waals surface area contributed by atoms with E-state index in [0.717, 1.165) is 23.5 Å². The molecule has 0 heterocycles. The Balaban J connectivity index is 3.18. The first-order valence-corrected chi connectivity index (χ1v) is 6.07. The molecule has 0 saturated heterocycles. The third-order valence-electron chi connectivity index (χ3n) is 3.29. The van der Waals surface area contributed by atoms with Crippen molar-refractivity contribution in [3.8, 4) is 11.5 Å². The van der Waals surface area contributed by atoms with E-state index in [0.29, 0.717) is 5.92 Å². The van der Waals surface area contributed by atoms with E-state index in [1.165, 1.54) is 0 Å². The van der Waals surface area contributed by atoms with Gasteiger partial charge in [-0.15, -0.1) is 0 Å². The van der Waals surface area contributed by atoms with E-state index in [1.54, 1.807) is 14.2 Å². The van der Waals surface area contributed by atoms with Gasteiger partial charge in [0.25, 0.3) is 0 Å². The Hall–Kier alpha value is -1.22. The largest absolute Gasteiger partial charge is 0.493 e. The zero-order valence-electron chi connectivity index (χ0n) is 11.4. The summed E-state index contributed by atoms with van der Waals surface area (Å²) >= 11 is 0. The third-order valence-corrected chi connectivity index (χ3v) is 3.29. The molecule has 1 aromatic carbocycles.